The van der Waals surface area contributed by atoms with Gasteiger partial charge in [0.15, 0.2) is 11.5 Å². The Kier molecular flexibility index (Phi) is 5.93. The van der Waals surface area contributed by atoms with Crippen LogP contribution < -0.4 is 20.7 Å². The summed E-state index contributed by atoms with van der Waals surface area (Å²) >= 11 is 2.16. The summed E-state index contributed by atoms with van der Waals surface area (Å²) in [4.78, 5) is 11.0. The number of benzene rings is 1. The van der Waals surface area contributed by atoms with Gasteiger partial charge in [-0.3, -0.25) is 10.2 Å². The van der Waals surface area contributed by atoms with Crippen LogP contribution >= 0.6 is 22.6 Å². The molecule has 0 saturated carbocycles. The molecule has 0 fully saturated rings. The molecule has 0 aliphatic carbocycles. The molecule has 18 heavy (non-hydrogen) atoms. The molecule has 5 nitrogen and oxygen atoms in total. The number of nitrogens with two attached hydrogens (primary N) is 1. The van der Waals surface area contributed by atoms with E-state index in [2.05, 4.69) is 22.6 Å². The molecule has 0 heterocycles. The third kappa shape index (κ3) is 3.88. The summed E-state index contributed by atoms with van der Waals surface area (Å²) in [5, 5.41) is 0. The fraction of sp³-hybridized carbons (Fsp3) is 0.250. The van der Waals surface area contributed by atoms with Crippen LogP contribution in [0.3, 0.4) is 0 Å². The van der Waals surface area contributed by atoms with Crippen LogP contribution in [0.1, 0.15) is 12.5 Å². The summed E-state index contributed by atoms with van der Waals surface area (Å²) in [6, 6.07) is 3.70. The number of carbonyl (C=O) groups excluding carboxylic acids is 1. The summed E-state index contributed by atoms with van der Waals surface area (Å²) in [6.45, 7) is 2.48. The molecule has 0 atom stereocenters. The van der Waals surface area contributed by atoms with Crippen LogP contribution in [0.15, 0.2) is 18.2 Å². The number of carbonyl (C=O) groups is 1. The first-order valence-electron chi connectivity index (χ1n) is 5.31. The fourth-order valence-corrected chi connectivity index (χ4v) is 2.12. The molecule has 0 unspecified atom stereocenters. The molecule has 0 aliphatic heterocycles. The van der Waals surface area contributed by atoms with Crippen LogP contribution in [0.2, 0.25) is 0 Å². The highest BCUT2D eigenvalue weighted by Gasteiger charge is 2.10. The molecule has 0 aliphatic rings. The number of methoxy groups -OCH3 is 1. The zero-order chi connectivity index (χ0) is 13.5. The zero-order valence-corrected chi connectivity index (χ0v) is 12.4. The molecule has 3 N–H and O–H groups in total. The van der Waals surface area contributed by atoms with Crippen LogP contribution in [-0.2, 0) is 4.79 Å². The van der Waals surface area contributed by atoms with Crippen molar-refractivity contribution in [2.75, 3.05) is 13.7 Å². The summed E-state index contributed by atoms with van der Waals surface area (Å²) in [5.41, 5.74) is 2.86. The van der Waals surface area contributed by atoms with E-state index in [0.717, 1.165) is 9.13 Å². The number of ether oxygens (including phenoxy) is 2. The van der Waals surface area contributed by atoms with Gasteiger partial charge in [-0.25, -0.2) is 5.84 Å². The Bertz CT molecular complexity index is 461. The number of rotatable bonds is 5. The Morgan fingerprint density at radius 3 is 2.83 bits per heavy atom. The van der Waals surface area contributed by atoms with Gasteiger partial charge in [0.25, 0.3) is 5.91 Å². The molecule has 0 aromatic heterocycles. The number of hydrogen-bond acceptors (Lipinski definition) is 4. The molecule has 0 bridgehead atoms. The predicted molar refractivity (Wildman–Crippen MR) is 78.2 cm³/mol. The third-order valence-electron chi connectivity index (χ3n) is 2.11. The first-order valence-corrected chi connectivity index (χ1v) is 6.39. The SMILES string of the molecule is CCOc1c(I)cc(/C=C/C(=O)NN)cc1OC. The van der Waals surface area contributed by atoms with Gasteiger partial charge >= 0.3 is 0 Å². The minimum absolute atomic E-state index is 0.363. The Labute approximate surface area is 119 Å². The fourth-order valence-electron chi connectivity index (χ4n) is 1.34. The van der Waals surface area contributed by atoms with E-state index in [-0.39, 0.29) is 5.91 Å². The molecular weight excluding hydrogens is 347 g/mol. The van der Waals surface area contributed by atoms with E-state index < -0.39 is 0 Å². The monoisotopic (exact) mass is 362 g/mol. The normalized spacial score (nSPS) is 10.4. The Balaban J connectivity index is 3.06. The molecule has 98 valence electrons. The van der Waals surface area contributed by atoms with Gasteiger partial charge in [0.1, 0.15) is 0 Å². The highest BCUT2D eigenvalue weighted by Crippen LogP contribution is 2.34. The Morgan fingerprint density at radius 2 is 2.28 bits per heavy atom. The maximum absolute atomic E-state index is 11.0. The lowest BCUT2D eigenvalue weighted by atomic mass is 10.2. The molecule has 0 spiro atoms. The number of nitrogens with one attached hydrogen (secondary N) is 1. The van der Waals surface area contributed by atoms with E-state index in [1.54, 1.807) is 19.3 Å². The molecule has 0 saturated heterocycles. The first kappa shape index (κ1) is 14.8. The first-order chi connectivity index (χ1) is 8.62. The van der Waals surface area contributed by atoms with E-state index in [9.17, 15) is 4.79 Å². The van der Waals surface area contributed by atoms with Crippen LogP contribution in [0.4, 0.5) is 0 Å². The smallest absolute Gasteiger partial charge is 0.257 e. The van der Waals surface area contributed by atoms with Gasteiger partial charge in [0, 0.05) is 6.08 Å². The molecule has 0 radical (unpaired) electrons. The van der Waals surface area contributed by atoms with E-state index in [4.69, 9.17) is 15.3 Å². The second-order valence-electron chi connectivity index (χ2n) is 3.31. The van der Waals surface area contributed by atoms with Gasteiger partial charge in [0.2, 0.25) is 0 Å². The van der Waals surface area contributed by atoms with Crippen molar-refractivity contribution in [1.29, 1.82) is 0 Å². The zero-order valence-electron chi connectivity index (χ0n) is 10.2. The predicted octanol–water partition coefficient (Wildman–Crippen LogP) is 1.70. The Morgan fingerprint density at radius 1 is 1.56 bits per heavy atom. The maximum Gasteiger partial charge on any atom is 0.257 e. The van der Waals surface area contributed by atoms with Crippen molar-refractivity contribution in [3.05, 3.63) is 27.3 Å². The minimum atomic E-state index is -0.363. The highest BCUT2D eigenvalue weighted by atomic mass is 127. The molecular formula is C12H15IN2O3. The van der Waals surface area contributed by atoms with Crippen LogP contribution in [0, 0.1) is 3.57 Å². The van der Waals surface area contributed by atoms with Gasteiger partial charge in [-0.05, 0) is 53.3 Å². The van der Waals surface area contributed by atoms with E-state index in [1.807, 2.05) is 18.4 Å². The lowest BCUT2D eigenvalue weighted by Gasteiger charge is -2.12. The molecule has 1 aromatic rings. The van der Waals surface area contributed by atoms with Gasteiger partial charge in [-0.1, -0.05) is 0 Å². The summed E-state index contributed by atoms with van der Waals surface area (Å²) < 4.78 is 11.7. The van der Waals surface area contributed by atoms with Crippen molar-refractivity contribution in [1.82, 2.24) is 5.43 Å². The van der Waals surface area contributed by atoms with Crippen molar-refractivity contribution in [2.45, 2.75) is 6.92 Å². The van der Waals surface area contributed by atoms with Crippen LogP contribution in [0.25, 0.3) is 6.08 Å². The topological polar surface area (TPSA) is 73.6 Å². The summed E-state index contributed by atoms with van der Waals surface area (Å²) in [6.07, 6.45) is 3.01. The van der Waals surface area contributed by atoms with Crippen LogP contribution in [0.5, 0.6) is 11.5 Å². The largest absolute Gasteiger partial charge is 0.493 e. The number of amides is 1. The van der Waals surface area contributed by atoms with Gasteiger partial charge in [-0.2, -0.15) is 0 Å². The third-order valence-corrected chi connectivity index (χ3v) is 2.91. The number of halogens is 1. The summed E-state index contributed by atoms with van der Waals surface area (Å²) in [5.74, 6) is 5.97. The lowest BCUT2D eigenvalue weighted by molar-refractivity contribution is -0.116. The van der Waals surface area contributed by atoms with Gasteiger partial charge in [-0.15, -0.1) is 0 Å². The molecule has 1 aromatic carbocycles. The van der Waals surface area contributed by atoms with Crippen molar-refractivity contribution in [3.63, 3.8) is 0 Å². The average molecular weight is 362 g/mol. The summed E-state index contributed by atoms with van der Waals surface area (Å²) in [7, 11) is 1.58. The van der Waals surface area contributed by atoms with Gasteiger partial charge in [0.05, 0.1) is 17.3 Å². The van der Waals surface area contributed by atoms with Crippen molar-refractivity contribution in [3.8, 4) is 11.5 Å². The molecule has 6 heteroatoms. The number of hydrazine groups is 1. The van der Waals surface area contributed by atoms with E-state index in [0.29, 0.717) is 18.1 Å². The van der Waals surface area contributed by atoms with Gasteiger partial charge < -0.3 is 9.47 Å². The van der Waals surface area contributed by atoms with Crippen molar-refractivity contribution >= 4 is 34.6 Å². The van der Waals surface area contributed by atoms with E-state index in [1.165, 1.54) is 6.08 Å². The Hall–Kier alpha value is -1.28. The van der Waals surface area contributed by atoms with Crippen molar-refractivity contribution in [2.24, 2.45) is 5.84 Å². The molecule has 1 amide bonds. The van der Waals surface area contributed by atoms with Crippen LogP contribution in [-0.4, -0.2) is 19.6 Å². The average Bonchev–Trinajstić information content (AvgIpc) is 2.38. The maximum atomic E-state index is 11.0. The lowest BCUT2D eigenvalue weighted by Crippen LogP contribution is -2.27. The molecule has 1 rings (SSSR count). The van der Waals surface area contributed by atoms with E-state index >= 15 is 0 Å². The van der Waals surface area contributed by atoms with Crippen molar-refractivity contribution < 1.29 is 14.3 Å². The second-order valence-corrected chi connectivity index (χ2v) is 4.47. The number of hydrogen-bond donors (Lipinski definition) is 2. The quantitative estimate of drug-likeness (QED) is 0.275. The standard InChI is InChI=1S/C12H15IN2O3/c1-3-18-12-9(13)6-8(7-10(12)17-2)4-5-11(16)15-14/h4-7H,3,14H2,1-2H3,(H,15,16)/b5-4+. The highest BCUT2D eigenvalue weighted by molar-refractivity contribution is 14.1. The minimum Gasteiger partial charge on any atom is -0.493 e. The second kappa shape index (κ2) is 7.22.